The molecule has 0 aliphatic rings. The lowest BCUT2D eigenvalue weighted by Crippen LogP contribution is -2.10. The number of rotatable bonds is 5. The first-order valence-electron chi connectivity index (χ1n) is 5.98. The van der Waals surface area contributed by atoms with Gasteiger partial charge in [-0.25, -0.2) is 9.97 Å². The third-order valence-electron chi connectivity index (χ3n) is 2.79. The molecule has 2 aromatic heterocycles. The van der Waals surface area contributed by atoms with Gasteiger partial charge in [0.05, 0.1) is 12.2 Å². The Morgan fingerprint density at radius 2 is 1.94 bits per heavy atom. The largest absolute Gasteiger partial charge is 0.370 e. The molecule has 0 atom stereocenters. The summed E-state index contributed by atoms with van der Waals surface area (Å²) in [6.07, 6.45) is 3.35. The maximum absolute atomic E-state index is 4.26. The van der Waals surface area contributed by atoms with Crippen molar-refractivity contribution >= 4 is 11.6 Å². The molecule has 0 aromatic carbocycles. The van der Waals surface area contributed by atoms with Crippen LogP contribution in [-0.2, 0) is 13.6 Å². The van der Waals surface area contributed by atoms with Crippen LogP contribution in [0.25, 0.3) is 0 Å². The predicted octanol–water partition coefficient (Wildman–Crippen LogP) is 1.56. The zero-order valence-corrected chi connectivity index (χ0v) is 10.9. The molecule has 6 nitrogen and oxygen atoms in total. The monoisotopic (exact) mass is 246 g/mol. The summed E-state index contributed by atoms with van der Waals surface area (Å²) in [4.78, 5) is 8.47. The Morgan fingerprint density at radius 3 is 2.56 bits per heavy atom. The van der Waals surface area contributed by atoms with Crippen molar-refractivity contribution in [2.75, 3.05) is 17.2 Å². The van der Waals surface area contributed by atoms with E-state index in [0.717, 1.165) is 29.4 Å². The van der Waals surface area contributed by atoms with Gasteiger partial charge in [-0.3, -0.25) is 4.68 Å². The van der Waals surface area contributed by atoms with E-state index in [0.29, 0.717) is 6.54 Å². The lowest BCUT2D eigenvalue weighted by molar-refractivity contribution is 0.719. The minimum atomic E-state index is 0.694. The minimum Gasteiger partial charge on any atom is -0.370 e. The second-order valence-corrected chi connectivity index (χ2v) is 4.03. The summed E-state index contributed by atoms with van der Waals surface area (Å²) < 4.78 is 1.84. The van der Waals surface area contributed by atoms with Crippen molar-refractivity contribution in [3.8, 4) is 0 Å². The summed E-state index contributed by atoms with van der Waals surface area (Å²) in [6.45, 7) is 5.59. The molecule has 0 amide bonds. The number of hydrogen-bond donors (Lipinski definition) is 2. The summed E-state index contributed by atoms with van der Waals surface area (Å²) in [5.74, 6) is 1.72. The van der Waals surface area contributed by atoms with Crippen LogP contribution in [0.3, 0.4) is 0 Å². The van der Waals surface area contributed by atoms with E-state index in [4.69, 9.17) is 0 Å². The highest BCUT2D eigenvalue weighted by atomic mass is 15.3. The molecular weight excluding hydrogens is 228 g/mol. The van der Waals surface area contributed by atoms with Crippen molar-refractivity contribution in [3.05, 3.63) is 29.8 Å². The van der Waals surface area contributed by atoms with Gasteiger partial charge >= 0.3 is 0 Å². The number of aromatic nitrogens is 4. The molecule has 0 fully saturated rings. The molecule has 96 valence electrons. The molecule has 0 radical (unpaired) electrons. The molecule has 0 aliphatic heterocycles. The highest BCUT2D eigenvalue weighted by Crippen LogP contribution is 2.18. The van der Waals surface area contributed by atoms with Gasteiger partial charge in [0.1, 0.15) is 18.0 Å². The van der Waals surface area contributed by atoms with Crippen molar-refractivity contribution < 1.29 is 0 Å². The van der Waals surface area contributed by atoms with E-state index in [1.54, 1.807) is 12.5 Å². The quantitative estimate of drug-likeness (QED) is 0.838. The minimum absolute atomic E-state index is 0.694. The van der Waals surface area contributed by atoms with Crippen LogP contribution in [0.5, 0.6) is 0 Å². The average Bonchev–Trinajstić information content (AvgIpc) is 2.76. The van der Waals surface area contributed by atoms with Gasteiger partial charge in [-0.2, -0.15) is 5.10 Å². The average molecular weight is 246 g/mol. The molecular formula is C12H18N6. The molecule has 2 aromatic rings. The molecule has 18 heavy (non-hydrogen) atoms. The van der Waals surface area contributed by atoms with Crippen molar-refractivity contribution in [2.24, 2.45) is 7.05 Å². The van der Waals surface area contributed by atoms with Crippen LogP contribution < -0.4 is 10.6 Å². The molecule has 0 saturated carbocycles. The SMILES string of the molecule is CCNc1ncnc(NCc2ccnn2C)c1C. The third-order valence-corrected chi connectivity index (χ3v) is 2.79. The molecule has 2 rings (SSSR count). The summed E-state index contributed by atoms with van der Waals surface area (Å²) in [5, 5.41) is 10.6. The van der Waals surface area contributed by atoms with Gasteiger partial charge in [-0.1, -0.05) is 0 Å². The van der Waals surface area contributed by atoms with Crippen LogP contribution in [-0.4, -0.2) is 26.3 Å². The van der Waals surface area contributed by atoms with Crippen molar-refractivity contribution in [2.45, 2.75) is 20.4 Å². The van der Waals surface area contributed by atoms with Crippen LogP contribution in [0, 0.1) is 6.92 Å². The zero-order valence-electron chi connectivity index (χ0n) is 10.9. The van der Waals surface area contributed by atoms with Gasteiger partial charge < -0.3 is 10.6 Å². The molecule has 0 aliphatic carbocycles. The molecule has 0 spiro atoms. The van der Waals surface area contributed by atoms with Crippen LogP contribution >= 0.6 is 0 Å². The predicted molar refractivity (Wildman–Crippen MR) is 71.5 cm³/mol. The second kappa shape index (κ2) is 5.48. The van der Waals surface area contributed by atoms with Gasteiger partial charge in [0, 0.05) is 25.4 Å². The maximum atomic E-state index is 4.26. The fourth-order valence-electron chi connectivity index (χ4n) is 1.72. The van der Waals surface area contributed by atoms with E-state index in [2.05, 4.69) is 25.7 Å². The Kier molecular flexibility index (Phi) is 3.76. The Hall–Kier alpha value is -2.11. The standard InChI is InChI=1S/C12H18N6/c1-4-13-11-9(2)12(16-8-15-11)14-7-10-5-6-17-18(10)3/h5-6,8H,4,7H2,1-3H3,(H2,13,14,15,16). The number of aryl methyl sites for hydroxylation is 1. The summed E-state index contributed by atoms with van der Waals surface area (Å²) in [6, 6.07) is 1.98. The number of hydrogen-bond acceptors (Lipinski definition) is 5. The molecule has 2 N–H and O–H groups in total. The van der Waals surface area contributed by atoms with E-state index in [-0.39, 0.29) is 0 Å². The first-order valence-corrected chi connectivity index (χ1v) is 5.98. The molecule has 0 unspecified atom stereocenters. The van der Waals surface area contributed by atoms with Gasteiger partial charge in [0.2, 0.25) is 0 Å². The Balaban J connectivity index is 2.10. The lowest BCUT2D eigenvalue weighted by atomic mass is 10.3. The van der Waals surface area contributed by atoms with E-state index < -0.39 is 0 Å². The van der Waals surface area contributed by atoms with Crippen LogP contribution in [0.15, 0.2) is 18.6 Å². The number of nitrogens with one attached hydrogen (secondary N) is 2. The van der Waals surface area contributed by atoms with Gasteiger partial charge in [-0.05, 0) is 19.9 Å². The van der Waals surface area contributed by atoms with Gasteiger partial charge in [-0.15, -0.1) is 0 Å². The number of nitrogens with zero attached hydrogens (tertiary/aromatic N) is 4. The van der Waals surface area contributed by atoms with Crippen LogP contribution in [0.2, 0.25) is 0 Å². The first-order chi connectivity index (χ1) is 8.72. The Labute approximate surface area is 106 Å². The maximum Gasteiger partial charge on any atom is 0.134 e. The van der Waals surface area contributed by atoms with E-state index >= 15 is 0 Å². The van der Waals surface area contributed by atoms with Crippen LogP contribution in [0.4, 0.5) is 11.6 Å². The lowest BCUT2D eigenvalue weighted by Gasteiger charge is -2.11. The van der Waals surface area contributed by atoms with Crippen molar-refractivity contribution in [3.63, 3.8) is 0 Å². The van der Waals surface area contributed by atoms with E-state index in [1.807, 2.05) is 31.6 Å². The van der Waals surface area contributed by atoms with Crippen molar-refractivity contribution in [1.82, 2.24) is 19.7 Å². The zero-order chi connectivity index (χ0) is 13.0. The molecule has 0 bridgehead atoms. The third kappa shape index (κ3) is 2.58. The fraction of sp³-hybridized carbons (Fsp3) is 0.417. The van der Waals surface area contributed by atoms with E-state index in [1.165, 1.54) is 0 Å². The summed E-state index contributed by atoms with van der Waals surface area (Å²) >= 11 is 0. The van der Waals surface area contributed by atoms with E-state index in [9.17, 15) is 0 Å². The fourth-order valence-corrected chi connectivity index (χ4v) is 1.72. The van der Waals surface area contributed by atoms with Crippen molar-refractivity contribution in [1.29, 1.82) is 0 Å². The topological polar surface area (TPSA) is 67.7 Å². The van der Waals surface area contributed by atoms with Gasteiger partial charge in [0.25, 0.3) is 0 Å². The van der Waals surface area contributed by atoms with Crippen LogP contribution in [0.1, 0.15) is 18.2 Å². The summed E-state index contributed by atoms with van der Waals surface area (Å²) in [5.41, 5.74) is 2.14. The molecule has 6 heteroatoms. The smallest absolute Gasteiger partial charge is 0.134 e. The first kappa shape index (κ1) is 12.3. The molecule has 2 heterocycles. The highest BCUT2D eigenvalue weighted by molar-refractivity contribution is 5.56. The second-order valence-electron chi connectivity index (χ2n) is 4.03. The normalized spacial score (nSPS) is 10.4. The molecule has 0 saturated heterocycles. The Morgan fingerprint density at radius 1 is 1.22 bits per heavy atom. The highest BCUT2D eigenvalue weighted by Gasteiger charge is 2.06. The number of anilines is 2. The Bertz CT molecular complexity index is 519. The van der Waals surface area contributed by atoms with Gasteiger partial charge in [0.15, 0.2) is 0 Å². The summed E-state index contributed by atoms with van der Waals surface area (Å²) in [7, 11) is 1.92.